The first-order chi connectivity index (χ1) is 15.3. The van der Waals surface area contributed by atoms with Crippen molar-refractivity contribution in [2.45, 2.75) is 118 Å². The lowest BCUT2D eigenvalue weighted by Gasteiger charge is -2.61. The lowest BCUT2D eigenvalue weighted by molar-refractivity contribution is -0.128. The average molecular weight is 483 g/mol. The molecule has 0 spiro atoms. The molecule has 0 aromatic heterocycles. The molecule has 4 saturated carbocycles. The van der Waals surface area contributed by atoms with E-state index >= 15 is 0 Å². The quantitative estimate of drug-likeness (QED) is 0.363. The second kappa shape index (κ2) is 9.53. The van der Waals surface area contributed by atoms with Crippen LogP contribution in [0.2, 0.25) is 0 Å². The molecule has 4 aliphatic rings. The summed E-state index contributed by atoms with van der Waals surface area (Å²) in [6.07, 6.45) is 13.4. The molecule has 0 unspecified atom stereocenters. The van der Waals surface area contributed by atoms with Crippen molar-refractivity contribution in [2.24, 2.45) is 58.2 Å². The Hall–Kier alpha value is 0.110. The van der Waals surface area contributed by atoms with Crippen LogP contribution in [0, 0.1) is 58.2 Å². The average Bonchev–Trinajstić information content (AvgIpc) is 3.08. The van der Waals surface area contributed by atoms with Crippen molar-refractivity contribution >= 4 is 7.82 Å². The first-order valence-electron chi connectivity index (χ1n) is 14.1. The lowest BCUT2D eigenvalue weighted by Crippen LogP contribution is -2.54. The molecule has 0 radical (unpaired) electrons. The zero-order valence-electron chi connectivity index (χ0n) is 22.1. The van der Waals surface area contributed by atoms with Crippen LogP contribution in [0.3, 0.4) is 0 Å². The first-order valence-corrected chi connectivity index (χ1v) is 15.6. The van der Waals surface area contributed by atoms with Gasteiger partial charge in [0.1, 0.15) is 0 Å². The van der Waals surface area contributed by atoms with Gasteiger partial charge in [-0.3, -0.25) is 4.52 Å². The summed E-state index contributed by atoms with van der Waals surface area (Å²) < 4.78 is 16.6. The molecule has 0 aromatic rings. The number of phosphoric acid groups is 1. The van der Waals surface area contributed by atoms with Crippen molar-refractivity contribution in [1.82, 2.24) is 0 Å². The van der Waals surface area contributed by atoms with Gasteiger partial charge < -0.3 is 9.79 Å². The zero-order valence-corrected chi connectivity index (χ0v) is 23.0. The van der Waals surface area contributed by atoms with Crippen molar-refractivity contribution in [1.29, 1.82) is 0 Å². The molecule has 0 saturated heterocycles. The highest BCUT2D eigenvalue weighted by Gasteiger charge is 2.60. The molecule has 0 bridgehead atoms. The van der Waals surface area contributed by atoms with E-state index in [1.54, 1.807) is 0 Å². The smallest absolute Gasteiger partial charge is 0.303 e. The Morgan fingerprint density at radius 1 is 0.879 bits per heavy atom. The predicted octanol–water partition coefficient (Wildman–Crippen LogP) is 7.83. The van der Waals surface area contributed by atoms with E-state index in [4.69, 9.17) is 4.52 Å². The third kappa shape index (κ3) is 5.03. The highest BCUT2D eigenvalue weighted by molar-refractivity contribution is 7.46. The van der Waals surface area contributed by atoms with Crippen molar-refractivity contribution < 1.29 is 18.9 Å². The van der Waals surface area contributed by atoms with Crippen molar-refractivity contribution in [2.75, 3.05) is 0 Å². The lowest BCUT2D eigenvalue weighted by atomic mass is 9.44. The maximum absolute atomic E-state index is 11.4. The third-order valence-electron chi connectivity index (χ3n) is 11.9. The van der Waals surface area contributed by atoms with Crippen LogP contribution in [0.1, 0.15) is 112 Å². The van der Waals surface area contributed by atoms with Gasteiger partial charge in [-0.2, -0.15) is 0 Å². The van der Waals surface area contributed by atoms with Crippen molar-refractivity contribution in [3.8, 4) is 0 Å². The Morgan fingerprint density at radius 3 is 2.21 bits per heavy atom. The highest BCUT2D eigenvalue weighted by Crippen LogP contribution is 2.68. The Balaban J connectivity index is 1.43. The van der Waals surface area contributed by atoms with Crippen LogP contribution in [-0.2, 0) is 9.09 Å². The molecule has 4 fully saturated rings. The van der Waals surface area contributed by atoms with E-state index in [-0.39, 0.29) is 6.10 Å². The van der Waals surface area contributed by atoms with Crippen molar-refractivity contribution in [3.05, 3.63) is 0 Å². The maximum atomic E-state index is 11.4. The van der Waals surface area contributed by atoms with E-state index in [1.165, 1.54) is 51.4 Å². The van der Waals surface area contributed by atoms with Gasteiger partial charge in [-0.25, -0.2) is 4.57 Å². The second-order valence-electron chi connectivity index (χ2n) is 13.7. The van der Waals surface area contributed by atoms with Crippen LogP contribution in [-0.4, -0.2) is 15.9 Å². The molecular formula is C28H51O4P. The van der Waals surface area contributed by atoms with Crippen LogP contribution in [0.25, 0.3) is 0 Å². The number of phosphoric ester groups is 1. The number of rotatable bonds is 7. The summed E-state index contributed by atoms with van der Waals surface area (Å²) in [5.41, 5.74) is 0.848. The molecule has 2 N–H and O–H groups in total. The Labute approximate surface area is 203 Å². The molecule has 0 aliphatic heterocycles. The Bertz CT molecular complexity index is 733. The van der Waals surface area contributed by atoms with E-state index < -0.39 is 7.82 Å². The SMILES string of the molecule is CC(C)[C@H](C)CC[C@@H](C)[C@H]1CC[C@H]2[C@@H]3CC[C@H]4C[C@@H](OP(=O)(O)O)CC[C@]4(C)[C@H]3CC[C@]12C. The normalized spacial score (nSPS) is 45.2. The van der Waals surface area contributed by atoms with Crippen LogP contribution in [0.5, 0.6) is 0 Å². The van der Waals surface area contributed by atoms with Gasteiger partial charge in [0.25, 0.3) is 0 Å². The fraction of sp³-hybridized carbons (Fsp3) is 1.00. The van der Waals surface area contributed by atoms with Gasteiger partial charge in [0.15, 0.2) is 0 Å². The topological polar surface area (TPSA) is 66.8 Å². The van der Waals surface area contributed by atoms with Gasteiger partial charge in [0, 0.05) is 0 Å². The minimum atomic E-state index is -4.39. The molecule has 10 atom stereocenters. The Kier molecular flexibility index (Phi) is 7.56. The number of hydrogen-bond donors (Lipinski definition) is 2. The number of hydrogen-bond acceptors (Lipinski definition) is 2. The maximum Gasteiger partial charge on any atom is 0.469 e. The minimum Gasteiger partial charge on any atom is -0.303 e. The summed E-state index contributed by atoms with van der Waals surface area (Å²) in [5.74, 6) is 6.43. The van der Waals surface area contributed by atoms with E-state index in [0.717, 1.165) is 60.7 Å². The van der Waals surface area contributed by atoms with Crippen LogP contribution in [0.15, 0.2) is 0 Å². The second-order valence-corrected chi connectivity index (χ2v) is 14.8. The van der Waals surface area contributed by atoms with Gasteiger partial charge in [0.05, 0.1) is 6.10 Å². The van der Waals surface area contributed by atoms with Gasteiger partial charge >= 0.3 is 7.82 Å². The molecule has 0 heterocycles. The molecule has 4 aliphatic carbocycles. The summed E-state index contributed by atoms with van der Waals surface area (Å²) in [6.45, 7) is 14.9. The van der Waals surface area contributed by atoms with Gasteiger partial charge in [-0.15, -0.1) is 0 Å². The molecule has 0 amide bonds. The van der Waals surface area contributed by atoms with E-state index in [0.29, 0.717) is 16.7 Å². The summed E-state index contributed by atoms with van der Waals surface area (Å²) >= 11 is 0. The molecule has 192 valence electrons. The Morgan fingerprint density at radius 2 is 1.55 bits per heavy atom. The fourth-order valence-corrected chi connectivity index (χ4v) is 10.1. The van der Waals surface area contributed by atoms with Gasteiger partial charge in [-0.05, 0) is 116 Å². The van der Waals surface area contributed by atoms with Gasteiger partial charge in [-0.1, -0.05) is 54.4 Å². The molecule has 4 nitrogen and oxygen atoms in total. The highest BCUT2D eigenvalue weighted by atomic mass is 31.2. The molecule has 5 heteroatoms. The van der Waals surface area contributed by atoms with E-state index in [1.807, 2.05) is 0 Å². The van der Waals surface area contributed by atoms with Crippen LogP contribution in [0.4, 0.5) is 0 Å². The van der Waals surface area contributed by atoms with Crippen molar-refractivity contribution in [3.63, 3.8) is 0 Å². The molecular weight excluding hydrogens is 431 g/mol. The first kappa shape index (κ1) is 26.2. The summed E-state index contributed by atoms with van der Waals surface area (Å²) in [7, 11) is -4.39. The summed E-state index contributed by atoms with van der Waals surface area (Å²) in [4.78, 5) is 18.6. The van der Waals surface area contributed by atoms with Crippen LogP contribution < -0.4 is 0 Å². The van der Waals surface area contributed by atoms with Crippen LogP contribution >= 0.6 is 7.82 Å². The number of fused-ring (bicyclic) bond motifs is 5. The van der Waals surface area contributed by atoms with Gasteiger partial charge in [0.2, 0.25) is 0 Å². The zero-order chi connectivity index (χ0) is 24.2. The monoisotopic (exact) mass is 482 g/mol. The summed E-state index contributed by atoms with van der Waals surface area (Å²) in [5, 5.41) is 0. The molecule has 33 heavy (non-hydrogen) atoms. The minimum absolute atomic E-state index is 0.265. The molecule has 4 rings (SSSR count). The largest absolute Gasteiger partial charge is 0.469 e. The van der Waals surface area contributed by atoms with E-state index in [9.17, 15) is 14.4 Å². The standard InChI is InChI=1S/C28H51O4P/c1-18(2)19(3)7-8-20(4)24-11-12-25-23-10-9-21-17-22(32-33(29,30)31)13-15-27(21,5)26(23)14-16-28(24,25)6/h18-26H,7-17H2,1-6H3,(H2,29,30,31)/t19-,20-,21+,22+,23+,24-,25+,26+,27+,28-/m1/s1. The predicted molar refractivity (Wildman–Crippen MR) is 135 cm³/mol. The fourth-order valence-electron chi connectivity index (χ4n) is 9.54. The van der Waals surface area contributed by atoms with E-state index in [2.05, 4.69) is 41.5 Å². The molecule has 0 aromatic carbocycles. The third-order valence-corrected chi connectivity index (χ3v) is 12.5. The summed E-state index contributed by atoms with van der Waals surface area (Å²) in [6, 6.07) is 0.